The van der Waals surface area contributed by atoms with Crippen molar-refractivity contribution in [2.45, 2.75) is 6.04 Å². The Morgan fingerprint density at radius 1 is 1.43 bits per heavy atom. The standard InChI is InChI=1S/C14H18ClN3O2S/c1-18(2)14(20)10-4-3-9(15)7-11(10)17-13(19)12-8-21-6-5-16-12/h3-4,7,12,16H,5-6,8H2,1-2H3,(H,17,19). The van der Waals surface area contributed by atoms with E-state index in [1.54, 1.807) is 44.1 Å². The normalized spacial score (nSPS) is 18.1. The maximum atomic E-state index is 12.3. The van der Waals surface area contributed by atoms with Crippen LogP contribution in [0.4, 0.5) is 5.69 Å². The molecule has 1 heterocycles. The first kappa shape index (κ1) is 16.1. The molecule has 2 N–H and O–H groups in total. The minimum absolute atomic E-state index is 0.141. The van der Waals surface area contributed by atoms with Crippen LogP contribution in [0, 0.1) is 0 Å². The number of amides is 2. The molecule has 0 saturated carbocycles. The molecule has 1 aliphatic heterocycles. The molecule has 0 spiro atoms. The van der Waals surface area contributed by atoms with Crippen LogP contribution in [0.15, 0.2) is 18.2 Å². The van der Waals surface area contributed by atoms with Crippen molar-refractivity contribution in [3.8, 4) is 0 Å². The lowest BCUT2D eigenvalue weighted by Gasteiger charge is -2.23. The van der Waals surface area contributed by atoms with E-state index in [9.17, 15) is 9.59 Å². The molecule has 1 fully saturated rings. The first-order chi connectivity index (χ1) is 9.99. The summed E-state index contributed by atoms with van der Waals surface area (Å²) in [7, 11) is 3.34. The lowest BCUT2D eigenvalue weighted by Crippen LogP contribution is -2.46. The van der Waals surface area contributed by atoms with Gasteiger partial charge in [0, 0.05) is 37.2 Å². The van der Waals surface area contributed by atoms with E-state index >= 15 is 0 Å². The molecule has 1 saturated heterocycles. The molecule has 114 valence electrons. The number of hydrogen-bond donors (Lipinski definition) is 2. The predicted molar refractivity (Wildman–Crippen MR) is 87.2 cm³/mol. The van der Waals surface area contributed by atoms with E-state index in [0.717, 1.165) is 18.1 Å². The highest BCUT2D eigenvalue weighted by atomic mass is 35.5. The van der Waals surface area contributed by atoms with Gasteiger partial charge in [0.05, 0.1) is 17.3 Å². The second kappa shape index (κ2) is 7.15. The summed E-state index contributed by atoms with van der Waals surface area (Å²) in [4.78, 5) is 25.9. The molecule has 2 rings (SSSR count). The molecule has 0 radical (unpaired) electrons. The van der Waals surface area contributed by atoms with Gasteiger partial charge in [0.15, 0.2) is 0 Å². The van der Waals surface area contributed by atoms with Gasteiger partial charge in [-0.15, -0.1) is 0 Å². The molecule has 0 aliphatic carbocycles. The zero-order valence-electron chi connectivity index (χ0n) is 12.0. The molecule has 7 heteroatoms. The van der Waals surface area contributed by atoms with Crippen LogP contribution in [0.2, 0.25) is 5.02 Å². The van der Waals surface area contributed by atoms with E-state index < -0.39 is 0 Å². The molecule has 1 aromatic rings. The van der Waals surface area contributed by atoms with Crippen molar-refractivity contribution in [3.05, 3.63) is 28.8 Å². The lowest BCUT2D eigenvalue weighted by molar-refractivity contribution is -0.117. The van der Waals surface area contributed by atoms with Crippen LogP contribution in [0.1, 0.15) is 10.4 Å². The van der Waals surface area contributed by atoms with Crippen LogP contribution in [-0.4, -0.2) is 54.9 Å². The number of carbonyl (C=O) groups excluding carboxylic acids is 2. The fraction of sp³-hybridized carbons (Fsp3) is 0.429. The first-order valence-electron chi connectivity index (χ1n) is 6.62. The predicted octanol–water partition coefficient (Wildman–Crippen LogP) is 1.69. The van der Waals surface area contributed by atoms with Crippen LogP contribution < -0.4 is 10.6 Å². The van der Waals surface area contributed by atoms with Gasteiger partial charge < -0.3 is 15.5 Å². The Balaban J connectivity index is 2.19. The van der Waals surface area contributed by atoms with Gasteiger partial charge in [0.2, 0.25) is 5.91 Å². The van der Waals surface area contributed by atoms with E-state index in [1.807, 2.05) is 0 Å². The highest BCUT2D eigenvalue weighted by molar-refractivity contribution is 7.99. The van der Waals surface area contributed by atoms with Gasteiger partial charge in [-0.25, -0.2) is 0 Å². The van der Waals surface area contributed by atoms with Crippen molar-refractivity contribution < 1.29 is 9.59 Å². The maximum Gasteiger partial charge on any atom is 0.255 e. The molecule has 21 heavy (non-hydrogen) atoms. The molecular formula is C14H18ClN3O2S. The summed E-state index contributed by atoms with van der Waals surface area (Å²) in [5.74, 6) is 1.42. The van der Waals surface area contributed by atoms with Gasteiger partial charge in [0.1, 0.15) is 0 Å². The Morgan fingerprint density at radius 3 is 2.81 bits per heavy atom. The fourth-order valence-corrected chi connectivity index (χ4v) is 3.11. The monoisotopic (exact) mass is 327 g/mol. The number of benzene rings is 1. The maximum absolute atomic E-state index is 12.3. The summed E-state index contributed by atoms with van der Waals surface area (Å²) in [6.45, 7) is 0.807. The number of nitrogens with one attached hydrogen (secondary N) is 2. The van der Waals surface area contributed by atoms with Gasteiger partial charge in [-0.2, -0.15) is 11.8 Å². The van der Waals surface area contributed by atoms with Crippen molar-refractivity contribution in [1.29, 1.82) is 0 Å². The minimum atomic E-state index is -0.245. The van der Waals surface area contributed by atoms with Crippen molar-refractivity contribution >= 4 is 40.9 Å². The summed E-state index contributed by atoms with van der Waals surface area (Å²) in [5.41, 5.74) is 0.879. The van der Waals surface area contributed by atoms with Crippen molar-refractivity contribution in [3.63, 3.8) is 0 Å². The van der Waals surface area contributed by atoms with Gasteiger partial charge >= 0.3 is 0 Å². The van der Waals surface area contributed by atoms with E-state index in [2.05, 4.69) is 10.6 Å². The van der Waals surface area contributed by atoms with Crippen molar-refractivity contribution in [2.75, 3.05) is 37.5 Å². The zero-order chi connectivity index (χ0) is 15.4. The van der Waals surface area contributed by atoms with Gasteiger partial charge in [-0.1, -0.05) is 11.6 Å². The van der Waals surface area contributed by atoms with Gasteiger partial charge in [-0.05, 0) is 18.2 Å². The largest absolute Gasteiger partial charge is 0.345 e. The number of anilines is 1. The molecule has 1 aliphatic rings. The number of nitrogens with zero attached hydrogens (tertiary/aromatic N) is 1. The van der Waals surface area contributed by atoms with Crippen LogP contribution in [0.25, 0.3) is 0 Å². The van der Waals surface area contributed by atoms with Crippen LogP contribution >= 0.6 is 23.4 Å². The number of thioether (sulfide) groups is 1. The highest BCUT2D eigenvalue weighted by Gasteiger charge is 2.23. The lowest BCUT2D eigenvalue weighted by atomic mass is 10.1. The van der Waals surface area contributed by atoms with Crippen LogP contribution in [0.5, 0.6) is 0 Å². The molecule has 1 aromatic carbocycles. The second-order valence-electron chi connectivity index (χ2n) is 4.96. The van der Waals surface area contributed by atoms with Gasteiger partial charge in [-0.3, -0.25) is 9.59 Å². The summed E-state index contributed by atoms with van der Waals surface area (Å²) in [5, 5.41) is 6.45. The highest BCUT2D eigenvalue weighted by Crippen LogP contribution is 2.23. The minimum Gasteiger partial charge on any atom is -0.345 e. The fourth-order valence-electron chi connectivity index (χ4n) is 2.00. The quantitative estimate of drug-likeness (QED) is 0.887. The Labute approximate surface area is 133 Å². The molecule has 2 amide bonds. The number of rotatable bonds is 3. The molecule has 0 aromatic heterocycles. The average molecular weight is 328 g/mol. The molecule has 1 atom stereocenters. The summed E-state index contributed by atoms with van der Waals surface area (Å²) in [6.07, 6.45) is 0. The molecule has 5 nitrogen and oxygen atoms in total. The smallest absolute Gasteiger partial charge is 0.255 e. The Morgan fingerprint density at radius 2 is 2.19 bits per heavy atom. The summed E-state index contributed by atoms with van der Waals surface area (Å²) >= 11 is 7.71. The topological polar surface area (TPSA) is 61.4 Å². The first-order valence-corrected chi connectivity index (χ1v) is 8.15. The van der Waals surface area contributed by atoms with Crippen molar-refractivity contribution in [2.24, 2.45) is 0 Å². The molecule has 0 bridgehead atoms. The van der Waals surface area contributed by atoms with E-state index in [0.29, 0.717) is 16.3 Å². The van der Waals surface area contributed by atoms with Crippen molar-refractivity contribution in [1.82, 2.24) is 10.2 Å². The summed E-state index contributed by atoms with van der Waals surface area (Å²) in [6, 6.07) is 4.63. The Bertz CT molecular complexity index is 545. The van der Waals surface area contributed by atoms with Crippen LogP contribution in [-0.2, 0) is 4.79 Å². The van der Waals surface area contributed by atoms with E-state index in [1.165, 1.54) is 4.90 Å². The molecule has 1 unspecified atom stereocenters. The Hall–Kier alpha value is -1.24. The van der Waals surface area contributed by atoms with Gasteiger partial charge in [0.25, 0.3) is 5.91 Å². The number of carbonyl (C=O) groups is 2. The summed E-state index contributed by atoms with van der Waals surface area (Å²) < 4.78 is 0. The zero-order valence-corrected chi connectivity index (χ0v) is 13.6. The second-order valence-corrected chi connectivity index (χ2v) is 6.55. The van der Waals surface area contributed by atoms with E-state index in [4.69, 9.17) is 11.6 Å². The third-order valence-electron chi connectivity index (χ3n) is 3.11. The number of halogens is 1. The third kappa shape index (κ3) is 4.12. The average Bonchev–Trinajstić information content (AvgIpc) is 2.47. The van der Waals surface area contributed by atoms with E-state index in [-0.39, 0.29) is 17.9 Å². The van der Waals surface area contributed by atoms with Crippen LogP contribution in [0.3, 0.4) is 0 Å². The Kier molecular flexibility index (Phi) is 5.50. The third-order valence-corrected chi connectivity index (χ3v) is 4.41. The number of hydrogen-bond acceptors (Lipinski definition) is 4. The SMILES string of the molecule is CN(C)C(=O)c1ccc(Cl)cc1NC(=O)C1CSCCN1. The molecular weight excluding hydrogens is 310 g/mol.